The summed E-state index contributed by atoms with van der Waals surface area (Å²) in [7, 11) is 0. The van der Waals surface area contributed by atoms with Crippen molar-refractivity contribution in [2.45, 2.75) is 33.7 Å². The Hall–Kier alpha value is -1.22. The number of rotatable bonds is 5. The van der Waals surface area contributed by atoms with Gasteiger partial charge in [0.1, 0.15) is 0 Å². The molecule has 0 aromatic heterocycles. The van der Waals surface area contributed by atoms with Gasteiger partial charge in [-0.3, -0.25) is 0 Å². The zero-order chi connectivity index (χ0) is 13.7. The molecule has 0 bridgehead atoms. The Labute approximate surface area is 113 Å². The lowest BCUT2D eigenvalue weighted by molar-refractivity contribution is 0.0526. The molecule has 0 amide bonds. The van der Waals surface area contributed by atoms with Gasteiger partial charge in [-0.1, -0.05) is 25.4 Å². The second-order valence-electron chi connectivity index (χ2n) is 4.59. The number of carbonyl (C=O) groups is 1. The largest absolute Gasteiger partial charge is 0.462 e. The standard InChI is InChI=1S/C14H20ClNO2/c1-5-18-14(17)12-8-11(6-7-13(12)15)16-10(4)9(2)3/h6-10,16H,5H2,1-4H3. The zero-order valence-corrected chi connectivity index (χ0v) is 12.0. The Kier molecular flexibility index (Phi) is 5.48. The molecule has 0 radical (unpaired) electrons. The summed E-state index contributed by atoms with van der Waals surface area (Å²) >= 11 is 6.00. The van der Waals surface area contributed by atoms with E-state index in [4.69, 9.17) is 16.3 Å². The number of esters is 1. The van der Waals surface area contributed by atoms with Crippen molar-refractivity contribution in [3.05, 3.63) is 28.8 Å². The van der Waals surface area contributed by atoms with Gasteiger partial charge in [-0.05, 0) is 38.0 Å². The Bertz CT molecular complexity index is 418. The van der Waals surface area contributed by atoms with Crippen molar-refractivity contribution < 1.29 is 9.53 Å². The van der Waals surface area contributed by atoms with E-state index in [1.807, 2.05) is 6.07 Å². The molecule has 100 valence electrons. The molecule has 3 nitrogen and oxygen atoms in total. The average molecular weight is 270 g/mol. The first-order valence-corrected chi connectivity index (χ1v) is 6.56. The minimum Gasteiger partial charge on any atom is -0.462 e. The van der Waals surface area contributed by atoms with E-state index in [2.05, 4.69) is 26.1 Å². The quantitative estimate of drug-likeness (QED) is 0.822. The average Bonchev–Trinajstić information content (AvgIpc) is 2.31. The number of ether oxygens (including phenoxy) is 1. The van der Waals surface area contributed by atoms with E-state index in [0.29, 0.717) is 29.2 Å². The summed E-state index contributed by atoms with van der Waals surface area (Å²) in [6.07, 6.45) is 0. The third-order valence-corrected chi connectivity index (χ3v) is 3.19. The number of carbonyl (C=O) groups excluding carboxylic acids is 1. The van der Waals surface area contributed by atoms with Gasteiger partial charge < -0.3 is 10.1 Å². The number of benzene rings is 1. The number of hydrogen-bond acceptors (Lipinski definition) is 3. The maximum Gasteiger partial charge on any atom is 0.339 e. The normalized spacial score (nSPS) is 12.3. The van der Waals surface area contributed by atoms with Gasteiger partial charge in [0.2, 0.25) is 0 Å². The van der Waals surface area contributed by atoms with Gasteiger partial charge in [0, 0.05) is 11.7 Å². The first-order valence-electron chi connectivity index (χ1n) is 6.19. The van der Waals surface area contributed by atoms with E-state index < -0.39 is 0 Å². The van der Waals surface area contributed by atoms with E-state index in [0.717, 1.165) is 5.69 Å². The van der Waals surface area contributed by atoms with Gasteiger partial charge in [-0.2, -0.15) is 0 Å². The molecule has 1 rings (SSSR count). The molecule has 0 spiro atoms. The molecule has 0 aliphatic carbocycles. The van der Waals surface area contributed by atoms with Crippen LogP contribution in [0.15, 0.2) is 18.2 Å². The van der Waals surface area contributed by atoms with Crippen LogP contribution in [0.5, 0.6) is 0 Å². The lowest BCUT2D eigenvalue weighted by atomic mass is 10.1. The van der Waals surface area contributed by atoms with Crippen molar-refractivity contribution in [2.75, 3.05) is 11.9 Å². The van der Waals surface area contributed by atoms with Crippen LogP contribution in [0.3, 0.4) is 0 Å². The van der Waals surface area contributed by atoms with Crippen molar-refractivity contribution >= 4 is 23.3 Å². The minimum atomic E-state index is -0.386. The first kappa shape index (κ1) is 14.8. The van der Waals surface area contributed by atoms with Crippen molar-refractivity contribution in [1.29, 1.82) is 0 Å². The molecule has 0 fully saturated rings. The molecule has 0 aliphatic rings. The second kappa shape index (κ2) is 6.64. The molecular weight excluding hydrogens is 250 g/mol. The highest BCUT2D eigenvalue weighted by Gasteiger charge is 2.13. The van der Waals surface area contributed by atoms with Crippen LogP contribution in [-0.2, 0) is 4.74 Å². The van der Waals surface area contributed by atoms with Gasteiger partial charge in [0.15, 0.2) is 0 Å². The maximum absolute atomic E-state index is 11.7. The molecule has 1 aromatic carbocycles. The molecule has 0 heterocycles. The molecule has 0 aliphatic heterocycles. The molecule has 1 unspecified atom stereocenters. The van der Waals surface area contributed by atoms with E-state index in [1.165, 1.54) is 0 Å². The number of nitrogens with one attached hydrogen (secondary N) is 1. The smallest absolute Gasteiger partial charge is 0.339 e. The molecule has 4 heteroatoms. The van der Waals surface area contributed by atoms with Crippen molar-refractivity contribution in [3.8, 4) is 0 Å². The molecule has 0 saturated carbocycles. The third-order valence-electron chi connectivity index (χ3n) is 2.86. The van der Waals surface area contributed by atoms with Crippen molar-refractivity contribution in [3.63, 3.8) is 0 Å². The molecular formula is C14H20ClNO2. The summed E-state index contributed by atoms with van der Waals surface area (Å²) in [4.78, 5) is 11.7. The van der Waals surface area contributed by atoms with Gasteiger partial charge in [0.05, 0.1) is 17.2 Å². The Balaban J connectivity index is 2.90. The summed E-state index contributed by atoms with van der Waals surface area (Å²) in [6.45, 7) is 8.49. The van der Waals surface area contributed by atoms with Gasteiger partial charge in [-0.15, -0.1) is 0 Å². The fraction of sp³-hybridized carbons (Fsp3) is 0.500. The summed E-state index contributed by atoms with van der Waals surface area (Å²) in [6, 6.07) is 5.63. The lowest BCUT2D eigenvalue weighted by Crippen LogP contribution is -2.21. The molecule has 1 atom stereocenters. The Morgan fingerprint density at radius 2 is 2.06 bits per heavy atom. The number of anilines is 1. The van der Waals surface area contributed by atoms with Gasteiger partial charge >= 0.3 is 5.97 Å². The summed E-state index contributed by atoms with van der Waals surface area (Å²) in [5.74, 6) is 0.120. The van der Waals surface area contributed by atoms with Crippen molar-refractivity contribution in [1.82, 2.24) is 0 Å². The highest BCUT2D eigenvalue weighted by molar-refractivity contribution is 6.33. The van der Waals surface area contributed by atoms with E-state index in [9.17, 15) is 4.79 Å². The summed E-state index contributed by atoms with van der Waals surface area (Å²) < 4.78 is 4.97. The number of hydrogen-bond donors (Lipinski definition) is 1. The Morgan fingerprint density at radius 1 is 1.39 bits per heavy atom. The highest BCUT2D eigenvalue weighted by atomic mass is 35.5. The minimum absolute atomic E-state index is 0.321. The van der Waals surface area contributed by atoms with Crippen LogP contribution in [0.1, 0.15) is 38.1 Å². The lowest BCUT2D eigenvalue weighted by Gasteiger charge is -2.19. The zero-order valence-electron chi connectivity index (χ0n) is 11.3. The third kappa shape index (κ3) is 3.91. The fourth-order valence-electron chi connectivity index (χ4n) is 1.41. The first-order chi connectivity index (χ1) is 8.45. The SMILES string of the molecule is CCOC(=O)c1cc(NC(C)C(C)C)ccc1Cl. The monoisotopic (exact) mass is 269 g/mol. The van der Waals surface area contributed by atoms with Gasteiger partial charge in [0.25, 0.3) is 0 Å². The summed E-state index contributed by atoms with van der Waals surface area (Å²) in [5.41, 5.74) is 1.28. The predicted molar refractivity (Wildman–Crippen MR) is 75.3 cm³/mol. The Morgan fingerprint density at radius 3 is 2.61 bits per heavy atom. The van der Waals surface area contributed by atoms with Crippen LogP contribution < -0.4 is 5.32 Å². The summed E-state index contributed by atoms with van der Waals surface area (Å²) in [5, 5.41) is 3.75. The molecule has 1 N–H and O–H groups in total. The van der Waals surface area contributed by atoms with Crippen molar-refractivity contribution in [2.24, 2.45) is 5.92 Å². The molecule has 18 heavy (non-hydrogen) atoms. The van der Waals surface area contributed by atoms with Crippen LogP contribution in [0.4, 0.5) is 5.69 Å². The molecule has 1 aromatic rings. The second-order valence-corrected chi connectivity index (χ2v) is 5.00. The van der Waals surface area contributed by atoms with E-state index >= 15 is 0 Å². The van der Waals surface area contributed by atoms with Crippen LogP contribution in [0.25, 0.3) is 0 Å². The molecule has 0 saturated heterocycles. The highest BCUT2D eigenvalue weighted by Crippen LogP contribution is 2.22. The predicted octanol–water partition coefficient (Wildman–Crippen LogP) is 3.97. The van der Waals surface area contributed by atoms with E-state index in [1.54, 1.807) is 19.1 Å². The van der Waals surface area contributed by atoms with Crippen LogP contribution in [0.2, 0.25) is 5.02 Å². The van der Waals surface area contributed by atoms with Crippen LogP contribution in [0, 0.1) is 5.92 Å². The van der Waals surface area contributed by atoms with Crippen LogP contribution >= 0.6 is 11.6 Å². The van der Waals surface area contributed by atoms with Crippen LogP contribution in [-0.4, -0.2) is 18.6 Å². The maximum atomic E-state index is 11.7. The number of halogens is 1. The fourth-order valence-corrected chi connectivity index (χ4v) is 1.60. The van der Waals surface area contributed by atoms with Gasteiger partial charge in [-0.25, -0.2) is 4.79 Å². The topological polar surface area (TPSA) is 38.3 Å². The van der Waals surface area contributed by atoms with E-state index in [-0.39, 0.29) is 5.97 Å².